The van der Waals surface area contributed by atoms with Crippen LogP contribution in [-0.4, -0.2) is 51.1 Å². The molecule has 2 aromatic rings. The molecule has 5 rings (SSSR count). The molecule has 0 saturated carbocycles. The van der Waals surface area contributed by atoms with Gasteiger partial charge in [-0.05, 0) is 24.6 Å². The van der Waals surface area contributed by atoms with Crippen LogP contribution in [0.5, 0.6) is 5.75 Å². The predicted octanol–water partition coefficient (Wildman–Crippen LogP) is 0.426. The first-order valence-corrected chi connectivity index (χ1v) is 11.0. The summed E-state index contributed by atoms with van der Waals surface area (Å²) in [6, 6.07) is 4.39. The minimum Gasteiger partial charge on any atom is -0.482 e. The number of halogens is 1. The van der Waals surface area contributed by atoms with Crippen molar-refractivity contribution in [2.75, 3.05) is 11.9 Å². The van der Waals surface area contributed by atoms with Crippen molar-refractivity contribution in [3.8, 4) is 5.75 Å². The Labute approximate surface area is 204 Å². The molecule has 13 heteroatoms. The first-order chi connectivity index (χ1) is 17.4. The molecule has 0 spiro atoms. The van der Waals surface area contributed by atoms with Crippen LogP contribution in [0.2, 0.25) is 0 Å². The number of anilines is 1. The van der Waals surface area contributed by atoms with Crippen molar-refractivity contribution in [2.45, 2.75) is 26.1 Å². The van der Waals surface area contributed by atoms with Crippen LogP contribution in [0.4, 0.5) is 10.1 Å². The number of carbonyl (C=O) groups is 3. The minimum atomic E-state index is -0.727. The third-order valence-electron chi connectivity index (χ3n) is 5.51. The number of hydrazine groups is 1. The van der Waals surface area contributed by atoms with Crippen LogP contribution >= 0.6 is 0 Å². The van der Waals surface area contributed by atoms with Crippen molar-refractivity contribution in [3.63, 3.8) is 0 Å². The quantitative estimate of drug-likeness (QED) is 0.453. The first-order valence-electron chi connectivity index (χ1n) is 11.0. The highest BCUT2D eigenvalue weighted by Gasteiger charge is 2.37. The lowest BCUT2D eigenvalue weighted by atomic mass is 10.1. The fraction of sp³-hybridized carbons (Fsp3) is 0.217. The second-order valence-electron chi connectivity index (χ2n) is 8.11. The van der Waals surface area contributed by atoms with E-state index in [9.17, 15) is 18.8 Å². The number of benzene rings is 1. The number of aromatic nitrogens is 2. The lowest BCUT2D eigenvalue weighted by Crippen LogP contribution is -2.44. The molecule has 3 amide bonds. The van der Waals surface area contributed by atoms with Crippen molar-refractivity contribution in [2.24, 2.45) is 4.99 Å². The van der Waals surface area contributed by atoms with E-state index in [-0.39, 0.29) is 42.8 Å². The zero-order chi connectivity index (χ0) is 25.2. The third kappa shape index (κ3) is 4.63. The Morgan fingerprint density at radius 2 is 2.06 bits per heavy atom. The Balaban J connectivity index is 1.32. The number of hydrogen-bond acceptors (Lipinski definition) is 9. The fourth-order valence-corrected chi connectivity index (χ4v) is 3.72. The van der Waals surface area contributed by atoms with Gasteiger partial charge in [0, 0.05) is 25.0 Å². The molecule has 3 aliphatic heterocycles. The number of aliphatic imine (C=N–C) groups is 1. The van der Waals surface area contributed by atoms with Crippen LogP contribution in [0, 0.1) is 0 Å². The summed E-state index contributed by atoms with van der Waals surface area (Å²) in [5, 5.41) is 9.32. The number of carbonyl (C=O) groups excluding carboxylic acids is 3. The number of hydrogen-bond donors (Lipinski definition) is 4. The average molecular weight is 492 g/mol. The number of amides is 3. The Bertz CT molecular complexity index is 1340. The van der Waals surface area contributed by atoms with Crippen LogP contribution in [-0.2, 0) is 27.5 Å². The monoisotopic (exact) mass is 492 g/mol. The van der Waals surface area contributed by atoms with E-state index in [0.29, 0.717) is 22.7 Å². The van der Waals surface area contributed by atoms with Gasteiger partial charge in [-0.15, -0.1) is 0 Å². The number of fused-ring (bicyclic) bond motifs is 2. The molecule has 4 heterocycles. The standard InChI is InChI=1S/C23H21FN8O4/c1-12-20(24)21-30-16(7-17(32(21)31-12)23(35)28-10-14-9-25-4-5-26-14)22(34)27-8-13-2-3-18-15(6-13)29-19(33)11-36-18/h2-7,9,12,31H,8,10-11H2,1H3,(H,27,34)(H,28,35)(H,29,33). The predicted molar refractivity (Wildman–Crippen MR) is 124 cm³/mol. The molecule has 0 fully saturated rings. The Kier molecular flexibility index (Phi) is 6.12. The normalized spacial score (nSPS) is 18.3. The third-order valence-corrected chi connectivity index (χ3v) is 5.51. The molecular formula is C23H21FN8O4. The highest BCUT2D eigenvalue weighted by Crippen LogP contribution is 2.30. The summed E-state index contributed by atoms with van der Waals surface area (Å²) in [6.07, 6.45) is 5.80. The fourth-order valence-electron chi connectivity index (χ4n) is 3.72. The van der Waals surface area contributed by atoms with E-state index in [0.717, 1.165) is 0 Å². The molecule has 1 aromatic heterocycles. The topological polar surface area (TPSA) is 150 Å². The molecule has 12 nitrogen and oxygen atoms in total. The van der Waals surface area contributed by atoms with E-state index in [1.165, 1.54) is 29.7 Å². The van der Waals surface area contributed by atoms with Gasteiger partial charge in [0.1, 0.15) is 17.2 Å². The molecule has 3 aliphatic rings. The van der Waals surface area contributed by atoms with Gasteiger partial charge >= 0.3 is 0 Å². The summed E-state index contributed by atoms with van der Waals surface area (Å²) in [5.74, 6) is -1.65. The van der Waals surface area contributed by atoms with Gasteiger partial charge in [0.25, 0.3) is 17.7 Å². The van der Waals surface area contributed by atoms with Gasteiger partial charge in [0.2, 0.25) is 0 Å². The zero-order valence-electron chi connectivity index (χ0n) is 19.0. The number of ether oxygens (including phenoxy) is 1. The van der Waals surface area contributed by atoms with Crippen LogP contribution < -0.4 is 26.1 Å². The second-order valence-corrected chi connectivity index (χ2v) is 8.11. The molecule has 1 aromatic carbocycles. The molecule has 36 heavy (non-hydrogen) atoms. The Morgan fingerprint density at radius 1 is 1.22 bits per heavy atom. The Morgan fingerprint density at radius 3 is 2.86 bits per heavy atom. The van der Waals surface area contributed by atoms with Gasteiger partial charge in [-0.3, -0.25) is 29.4 Å². The van der Waals surface area contributed by atoms with Gasteiger partial charge in [-0.25, -0.2) is 14.8 Å². The lowest BCUT2D eigenvalue weighted by Gasteiger charge is -2.26. The van der Waals surface area contributed by atoms with Gasteiger partial charge < -0.3 is 20.7 Å². The van der Waals surface area contributed by atoms with E-state index < -0.39 is 23.7 Å². The minimum absolute atomic E-state index is 0.00202. The molecule has 1 unspecified atom stereocenters. The van der Waals surface area contributed by atoms with Crippen LogP contribution in [0.3, 0.4) is 0 Å². The maximum Gasteiger partial charge on any atom is 0.270 e. The summed E-state index contributed by atoms with van der Waals surface area (Å²) >= 11 is 0. The van der Waals surface area contributed by atoms with E-state index in [2.05, 4.69) is 36.3 Å². The largest absolute Gasteiger partial charge is 0.482 e. The second kappa shape index (κ2) is 9.54. The van der Waals surface area contributed by atoms with E-state index in [1.807, 2.05) is 0 Å². The highest BCUT2D eigenvalue weighted by atomic mass is 19.1. The number of rotatable bonds is 6. The highest BCUT2D eigenvalue weighted by molar-refractivity contribution is 6.44. The smallest absolute Gasteiger partial charge is 0.270 e. The van der Waals surface area contributed by atoms with Crippen molar-refractivity contribution >= 4 is 29.1 Å². The molecule has 4 N–H and O–H groups in total. The summed E-state index contributed by atoms with van der Waals surface area (Å²) in [4.78, 5) is 49.6. The number of nitrogens with zero attached hydrogens (tertiary/aromatic N) is 4. The SMILES string of the molecule is CC1NN2C(C(=O)NCc3cnccn3)=CC(C(=O)NCc3ccc4c(c3)NC(=O)CO4)=NC2=C1F. The summed E-state index contributed by atoms with van der Waals surface area (Å²) < 4.78 is 20.1. The summed E-state index contributed by atoms with van der Waals surface area (Å²) in [6.45, 7) is 1.71. The Hall–Kier alpha value is -4.65. The molecular weight excluding hydrogens is 471 g/mol. The molecule has 0 radical (unpaired) electrons. The van der Waals surface area contributed by atoms with Crippen molar-refractivity contribution in [1.82, 2.24) is 31.0 Å². The van der Waals surface area contributed by atoms with E-state index >= 15 is 0 Å². The maximum absolute atomic E-state index is 14.7. The van der Waals surface area contributed by atoms with Gasteiger partial charge in [0.15, 0.2) is 18.3 Å². The lowest BCUT2D eigenvalue weighted by molar-refractivity contribution is -0.119. The molecule has 1 atom stereocenters. The van der Waals surface area contributed by atoms with Crippen molar-refractivity contribution in [1.29, 1.82) is 0 Å². The van der Waals surface area contributed by atoms with Crippen molar-refractivity contribution < 1.29 is 23.5 Å². The first kappa shape index (κ1) is 23.1. The van der Waals surface area contributed by atoms with Gasteiger partial charge in [-0.2, -0.15) is 0 Å². The van der Waals surface area contributed by atoms with Gasteiger partial charge in [-0.1, -0.05) is 6.07 Å². The molecule has 0 saturated heterocycles. The van der Waals surface area contributed by atoms with Gasteiger partial charge in [0.05, 0.1) is 30.2 Å². The molecule has 184 valence electrons. The van der Waals surface area contributed by atoms with Crippen LogP contribution in [0.1, 0.15) is 18.2 Å². The van der Waals surface area contributed by atoms with Crippen molar-refractivity contribution in [3.05, 3.63) is 71.5 Å². The van der Waals surface area contributed by atoms with Crippen LogP contribution in [0.15, 0.2) is 65.2 Å². The van der Waals surface area contributed by atoms with Crippen LogP contribution in [0.25, 0.3) is 0 Å². The maximum atomic E-state index is 14.7. The summed E-state index contributed by atoms with van der Waals surface area (Å²) in [7, 11) is 0. The zero-order valence-corrected chi connectivity index (χ0v) is 19.0. The molecule has 0 aliphatic carbocycles. The number of nitrogens with one attached hydrogen (secondary N) is 4. The van der Waals surface area contributed by atoms with E-state index in [1.54, 1.807) is 25.1 Å². The van der Waals surface area contributed by atoms with E-state index in [4.69, 9.17) is 4.74 Å². The average Bonchev–Trinajstić information content (AvgIpc) is 3.18. The summed E-state index contributed by atoms with van der Waals surface area (Å²) in [5.41, 5.74) is 4.42. The molecule has 0 bridgehead atoms.